The van der Waals surface area contributed by atoms with Crippen LogP contribution < -0.4 is 10.0 Å². The minimum Gasteiger partial charge on any atom is -0.377 e. The largest absolute Gasteiger partial charge is 0.377 e. The fraction of sp³-hybridized carbons (Fsp3) is 0.684. The normalized spacial score (nSPS) is 29.6. The highest BCUT2D eigenvalue weighted by atomic mass is 32.2. The molecule has 1 unspecified atom stereocenters. The number of rotatable bonds is 6. The van der Waals surface area contributed by atoms with Gasteiger partial charge in [0.2, 0.25) is 10.0 Å². The van der Waals surface area contributed by atoms with E-state index in [4.69, 9.17) is 4.74 Å². The van der Waals surface area contributed by atoms with Crippen molar-refractivity contribution in [3.05, 3.63) is 35.4 Å². The molecule has 1 aromatic carbocycles. The number of piperidine rings is 1. The van der Waals surface area contributed by atoms with Crippen LogP contribution in [0.4, 0.5) is 8.78 Å². The van der Waals surface area contributed by atoms with Gasteiger partial charge >= 0.3 is 0 Å². The molecule has 2 atom stereocenters. The predicted octanol–water partition coefficient (Wildman–Crippen LogP) is 2.68. The summed E-state index contributed by atoms with van der Waals surface area (Å²) in [7, 11) is -3.26. The highest BCUT2D eigenvalue weighted by Crippen LogP contribution is 2.35. The second-order valence-electron chi connectivity index (χ2n) is 7.65. The maximum absolute atomic E-state index is 14.0. The molecule has 2 fully saturated rings. The molecule has 1 saturated carbocycles. The Labute approximate surface area is 159 Å². The van der Waals surface area contributed by atoms with Crippen molar-refractivity contribution in [2.45, 2.75) is 62.6 Å². The summed E-state index contributed by atoms with van der Waals surface area (Å²) in [4.78, 5) is 0. The van der Waals surface area contributed by atoms with Crippen molar-refractivity contribution in [3.63, 3.8) is 0 Å². The van der Waals surface area contributed by atoms with Gasteiger partial charge in [-0.15, -0.1) is 0 Å². The van der Waals surface area contributed by atoms with Crippen molar-refractivity contribution in [2.24, 2.45) is 0 Å². The molecule has 1 aliphatic carbocycles. The molecule has 5 nitrogen and oxygen atoms in total. The van der Waals surface area contributed by atoms with E-state index in [1.54, 1.807) is 12.1 Å². The van der Waals surface area contributed by atoms with Gasteiger partial charge < -0.3 is 10.1 Å². The van der Waals surface area contributed by atoms with Gasteiger partial charge in [0.05, 0.1) is 19.0 Å². The highest BCUT2D eigenvalue weighted by Gasteiger charge is 2.30. The third-order valence-electron chi connectivity index (χ3n) is 5.56. The van der Waals surface area contributed by atoms with Gasteiger partial charge in [-0.3, -0.25) is 0 Å². The second kappa shape index (κ2) is 8.94. The summed E-state index contributed by atoms with van der Waals surface area (Å²) >= 11 is 0. The molecule has 8 heteroatoms. The lowest BCUT2D eigenvalue weighted by molar-refractivity contribution is 0.00504. The number of sulfonamides is 1. The van der Waals surface area contributed by atoms with Crippen LogP contribution in [0, 0.1) is 11.6 Å². The van der Waals surface area contributed by atoms with Crippen LogP contribution in [0.2, 0.25) is 0 Å². The Kier molecular flexibility index (Phi) is 6.83. The summed E-state index contributed by atoms with van der Waals surface area (Å²) in [5.74, 6) is -1.50. The van der Waals surface area contributed by atoms with Gasteiger partial charge in [-0.2, -0.15) is 0 Å². The highest BCUT2D eigenvalue weighted by molar-refractivity contribution is 7.88. The number of benzene rings is 1. The molecule has 0 aromatic heterocycles. The Morgan fingerprint density at radius 1 is 1.19 bits per heavy atom. The van der Waals surface area contributed by atoms with Crippen molar-refractivity contribution in [3.8, 4) is 0 Å². The summed E-state index contributed by atoms with van der Waals surface area (Å²) in [5, 5.41) is 3.34. The van der Waals surface area contributed by atoms with Crippen LogP contribution in [-0.4, -0.2) is 46.0 Å². The fourth-order valence-corrected chi connectivity index (χ4v) is 4.99. The van der Waals surface area contributed by atoms with E-state index in [1.807, 2.05) is 0 Å². The number of hydrogen-bond donors (Lipinski definition) is 2. The lowest BCUT2D eigenvalue weighted by Gasteiger charge is -2.35. The third kappa shape index (κ3) is 5.70. The van der Waals surface area contributed by atoms with E-state index >= 15 is 0 Å². The summed E-state index contributed by atoms with van der Waals surface area (Å²) < 4.78 is 59.2. The van der Waals surface area contributed by atoms with E-state index in [2.05, 4.69) is 10.0 Å². The molecule has 2 N–H and O–H groups in total. The smallest absolute Gasteiger partial charge is 0.209 e. The maximum atomic E-state index is 14.0. The lowest BCUT2D eigenvalue weighted by Crippen LogP contribution is -2.55. The van der Waals surface area contributed by atoms with Gasteiger partial charge in [0, 0.05) is 12.1 Å². The number of hydrogen-bond acceptors (Lipinski definition) is 4. The van der Waals surface area contributed by atoms with Gasteiger partial charge in [-0.05, 0) is 62.6 Å². The Morgan fingerprint density at radius 3 is 2.63 bits per heavy atom. The molecule has 152 valence electrons. The van der Waals surface area contributed by atoms with Crippen molar-refractivity contribution in [1.82, 2.24) is 10.0 Å². The van der Waals surface area contributed by atoms with Crippen LogP contribution in [0.25, 0.3) is 0 Å². The monoisotopic (exact) mass is 402 g/mol. The molecule has 0 radical (unpaired) electrons. The van der Waals surface area contributed by atoms with Gasteiger partial charge in [0.1, 0.15) is 0 Å². The zero-order chi connectivity index (χ0) is 19.4. The predicted molar refractivity (Wildman–Crippen MR) is 100 cm³/mol. The van der Waals surface area contributed by atoms with Crippen molar-refractivity contribution in [2.75, 3.05) is 19.4 Å². The molecule has 0 amide bonds. The number of ether oxygens (including phenoxy) is 1. The Hall–Kier alpha value is -1.09. The summed E-state index contributed by atoms with van der Waals surface area (Å²) in [5.41, 5.74) is 0.458. The molecule has 1 heterocycles. The molecule has 27 heavy (non-hydrogen) atoms. The third-order valence-corrected chi connectivity index (χ3v) is 6.29. The topological polar surface area (TPSA) is 67.4 Å². The molecule has 1 aromatic rings. The van der Waals surface area contributed by atoms with E-state index < -0.39 is 21.7 Å². The first-order chi connectivity index (χ1) is 12.8. The summed E-state index contributed by atoms with van der Waals surface area (Å²) in [6, 6.07) is 4.15. The first-order valence-electron chi connectivity index (χ1n) is 9.59. The fourth-order valence-electron chi connectivity index (χ4n) is 4.16. The second-order valence-corrected chi connectivity index (χ2v) is 9.43. The number of nitrogens with one attached hydrogen (secondary N) is 2. The average Bonchev–Trinajstić information content (AvgIpc) is 2.63. The van der Waals surface area contributed by atoms with Gasteiger partial charge in [0.15, 0.2) is 11.6 Å². The molecule has 1 aliphatic heterocycles. The maximum Gasteiger partial charge on any atom is 0.209 e. The van der Waals surface area contributed by atoms with Crippen LogP contribution in [0.5, 0.6) is 0 Å². The minimum atomic E-state index is -3.26. The van der Waals surface area contributed by atoms with Gasteiger partial charge in [-0.1, -0.05) is 12.1 Å². The molecule has 0 spiro atoms. The lowest BCUT2D eigenvalue weighted by atomic mass is 9.82. The van der Waals surface area contributed by atoms with Crippen LogP contribution in [-0.2, 0) is 14.8 Å². The minimum absolute atomic E-state index is 0.0213. The van der Waals surface area contributed by atoms with Crippen LogP contribution >= 0.6 is 0 Å². The van der Waals surface area contributed by atoms with Crippen LogP contribution in [0.1, 0.15) is 50.0 Å². The van der Waals surface area contributed by atoms with Gasteiger partial charge in [-0.25, -0.2) is 21.9 Å². The van der Waals surface area contributed by atoms with Crippen molar-refractivity contribution in [1.29, 1.82) is 0 Å². The Bertz CT molecular complexity index is 736. The van der Waals surface area contributed by atoms with E-state index in [0.717, 1.165) is 51.1 Å². The van der Waals surface area contributed by atoms with Crippen LogP contribution in [0.15, 0.2) is 18.2 Å². The average molecular weight is 403 g/mol. The Morgan fingerprint density at radius 2 is 1.93 bits per heavy atom. The SMILES string of the molecule is CS(=O)(=O)NC1CCCN[C@H]1COC1CCC(c2cccc(F)c2F)CC1. The molecule has 0 bridgehead atoms. The first-order valence-corrected chi connectivity index (χ1v) is 11.5. The summed E-state index contributed by atoms with van der Waals surface area (Å²) in [6.07, 6.45) is 6.05. The van der Waals surface area contributed by atoms with E-state index in [9.17, 15) is 17.2 Å². The van der Waals surface area contributed by atoms with Crippen molar-refractivity contribution < 1.29 is 21.9 Å². The molecular formula is C19H28F2N2O3S. The quantitative estimate of drug-likeness (QED) is 0.768. The zero-order valence-corrected chi connectivity index (χ0v) is 16.4. The Balaban J connectivity index is 1.49. The molecular weight excluding hydrogens is 374 g/mol. The van der Waals surface area contributed by atoms with E-state index in [1.165, 1.54) is 6.26 Å². The van der Waals surface area contributed by atoms with E-state index in [0.29, 0.717) is 12.2 Å². The van der Waals surface area contributed by atoms with E-state index in [-0.39, 0.29) is 24.1 Å². The van der Waals surface area contributed by atoms with Crippen LogP contribution in [0.3, 0.4) is 0 Å². The van der Waals surface area contributed by atoms with Gasteiger partial charge in [0.25, 0.3) is 0 Å². The first kappa shape index (κ1) is 20.6. The van der Waals surface area contributed by atoms with Crippen molar-refractivity contribution >= 4 is 10.0 Å². The molecule has 3 rings (SSSR count). The molecule has 2 aliphatic rings. The standard InChI is InChI=1S/C19H28F2N2O3S/c1-27(24,25)23-17-6-3-11-22-18(17)12-26-14-9-7-13(8-10-14)15-4-2-5-16(20)19(15)21/h2,4-5,13-14,17-18,22-23H,3,6-12H2,1H3/t13?,14?,17?,18-/m0/s1. The summed E-state index contributed by atoms with van der Waals surface area (Å²) in [6.45, 7) is 1.29. The molecule has 1 saturated heterocycles. The zero-order valence-electron chi connectivity index (χ0n) is 15.6. The number of halogens is 2.